The molecule has 0 saturated heterocycles. The average molecular weight is 295 g/mol. The van der Waals surface area contributed by atoms with Crippen molar-refractivity contribution in [3.05, 3.63) is 65.0 Å². The maximum atomic E-state index is 12.5. The minimum Gasteiger partial charge on any atom is -0.322 e. The molecule has 1 heterocycles. The molecule has 1 aromatic heterocycles. The highest BCUT2D eigenvalue weighted by molar-refractivity contribution is 7.17. The minimum atomic E-state index is -0.0478. The van der Waals surface area contributed by atoms with Crippen LogP contribution in [0.1, 0.15) is 35.7 Å². The topological polar surface area (TPSA) is 29.1 Å². The number of hydrogen-bond acceptors (Lipinski definition) is 2. The normalized spacial score (nSPS) is 11.0. The highest BCUT2D eigenvalue weighted by atomic mass is 32.1. The van der Waals surface area contributed by atoms with E-state index in [9.17, 15) is 4.79 Å². The Morgan fingerprint density at radius 1 is 1.10 bits per heavy atom. The first-order valence-electron chi connectivity index (χ1n) is 7.02. The van der Waals surface area contributed by atoms with Crippen molar-refractivity contribution in [2.75, 3.05) is 5.32 Å². The molecule has 0 radical (unpaired) electrons. The van der Waals surface area contributed by atoms with Crippen LogP contribution in [0.15, 0.2) is 53.9 Å². The summed E-state index contributed by atoms with van der Waals surface area (Å²) in [6.45, 7) is 4.29. The molecule has 0 aliphatic heterocycles. The van der Waals surface area contributed by atoms with E-state index >= 15 is 0 Å². The van der Waals surface area contributed by atoms with Crippen molar-refractivity contribution in [3.8, 4) is 0 Å². The number of anilines is 1. The lowest BCUT2D eigenvalue weighted by atomic mass is 10.0. The van der Waals surface area contributed by atoms with Crippen LogP contribution >= 0.6 is 11.3 Å². The van der Waals surface area contributed by atoms with Crippen LogP contribution in [-0.4, -0.2) is 5.91 Å². The second kappa shape index (κ2) is 5.70. The van der Waals surface area contributed by atoms with Gasteiger partial charge in [0.15, 0.2) is 0 Å². The SMILES string of the molecule is CC(C)c1cccc(NC(=O)c2csc3ccccc23)c1. The van der Waals surface area contributed by atoms with Crippen molar-refractivity contribution in [2.24, 2.45) is 0 Å². The summed E-state index contributed by atoms with van der Waals surface area (Å²) in [7, 11) is 0. The molecule has 0 fully saturated rings. The van der Waals surface area contributed by atoms with Crippen LogP contribution < -0.4 is 5.32 Å². The first-order chi connectivity index (χ1) is 10.1. The van der Waals surface area contributed by atoms with Crippen molar-refractivity contribution in [1.82, 2.24) is 0 Å². The van der Waals surface area contributed by atoms with Gasteiger partial charge in [-0.05, 0) is 29.7 Å². The number of carbonyl (C=O) groups is 1. The van der Waals surface area contributed by atoms with Crippen LogP contribution in [-0.2, 0) is 0 Å². The van der Waals surface area contributed by atoms with Gasteiger partial charge in [-0.2, -0.15) is 0 Å². The van der Waals surface area contributed by atoms with E-state index in [0.29, 0.717) is 5.92 Å². The molecule has 3 heteroatoms. The van der Waals surface area contributed by atoms with Gasteiger partial charge in [-0.1, -0.05) is 44.2 Å². The summed E-state index contributed by atoms with van der Waals surface area (Å²) < 4.78 is 1.14. The van der Waals surface area contributed by atoms with Gasteiger partial charge in [-0.15, -0.1) is 11.3 Å². The molecule has 2 aromatic carbocycles. The fraction of sp³-hybridized carbons (Fsp3) is 0.167. The average Bonchev–Trinajstić information content (AvgIpc) is 2.91. The maximum Gasteiger partial charge on any atom is 0.257 e. The Hall–Kier alpha value is -2.13. The Labute approximate surface area is 128 Å². The maximum absolute atomic E-state index is 12.5. The molecule has 0 aliphatic carbocycles. The van der Waals surface area contributed by atoms with Crippen molar-refractivity contribution in [2.45, 2.75) is 19.8 Å². The number of fused-ring (bicyclic) bond motifs is 1. The molecule has 2 nitrogen and oxygen atoms in total. The molecule has 0 spiro atoms. The van der Waals surface area contributed by atoms with E-state index in [1.54, 1.807) is 11.3 Å². The number of rotatable bonds is 3. The number of thiophene rings is 1. The Bertz CT molecular complexity index is 789. The number of amides is 1. The Morgan fingerprint density at radius 3 is 2.71 bits per heavy atom. The zero-order valence-corrected chi connectivity index (χ0v) is 12.9. The van der Waals surface area contributed by atoms with Gasteiger partial charge in [0.25, 0.3) is 5.91 Å². The summed E-state index contributed by atoms with van der Waals surface area (Å²) in [4.78, 5) is 12.5. The second-order valence-corrected chi connectivity index (χ2v) is 6.29. The minimum absolute atomic E-state index is 0.0478. The molecule has 1 N–H and O–H groups in total. The van der Waals surface area contributed by atoms with Crippen LogP contribution in [0, 0.1) is 0 Å². The monoisotopic (exact) mass is 295 g/mol. The number of benzene rings is 2. The van der Waals surface area contributed by atoms with Crippen molar-refractivity contribution in [1.29, 1.82) is 0 Å². The molecule has 21 heavy (non-hydrogen) atoms. The van der Waals surface area contributed by atoms with Crippen molar-refractivity contribution < 1.29 is 4.79 Å². The highest BCUT2D eigenvalue weighted by Crippen LogP contribution is 2.26. The van der Waals surface area contributed by atoms with Gasteiger partial charge in [0.1, 0.15) is 0 Å². The fourth-order valence-electron chi connectivity index (χ4n) is 2.33. The van der Waals surface area contributed by atoms with Crippen LogP contribution in [0.4, 0.5) is 5.69 Å². The highest BCUT2D eigenvalue weighted by Gasteiger charge is 2.12. The van der Waals surface area contributed by atoms with Gasteiger partial charge in [-0.25, -0.2) is 0 Å². The first kappa shape index (κ1) is 13.8. The molecule has 3 aromatic rings. The molecular formula is C18H17NOS. The lowest BCUT2D eigenvalue weighted by molar-refractivity contribution is 0.102. The summed E-state index contributed by atoms with van der Waals surface area (Å²) in [6.07, 6.45) is 0. The van der Waals surface area contributed by atoms with Gasteiger partial charge in [0, 0.05) is 21.2 Å². The van der Waals surface area contributed by atoms with Crippen molar-refractivity contribution >= 4 is 33.0 Å². The molecule has 0 atom stereocenters. The Balaban J connectivity index is 1.88. The molecule has 0 saturated carbocycles. The van der Waals surface area contributed by atoms with E-state index < -0.39 is 0 Å². The molecule has 3 rings (SSSR count). The zero-order chi connectivity index (χ0) is 14.8. The van der Waals surface area contributed by atoms with E-state index in [0.717, 1.165) is 21.3 Å². The lowest BCUT2D eigenvalue weighted by Crippen LogP contribution is -2.11. The van der Waals surface area contributed by atoms with Crippen LogP contribution in [0.2, 0.25) is 0 Å². The summed E-state index contributed by atoms with van der Waals surface area (Å²) in [5.41, 5.74) is 2.81. The van der Waals surface area contributed by atoms with Gasteiger partial charge in [-0.3, -0.25) is 4.79 Å². The fourth-order valence-corrected chi connectivity index (χ4v) is 3.27. The van der Waals surface area contributed by atoms with E-state index in [1.165, 1.54) is 5.56 Å². The van der Waals surface area contributed by atoms with E-state index in [2.05, 4.69) is 25.2 Å². The second-order valence-electron chi connectivity index (χ2n) is 5.38. The quantitative estimate of drug-likeness (QED) is 0.700. The van der Waals surface area contributed by atoms with Gasteiger partial charge < -0.3 is 5.32 Å². The summed E-state index contributed by atoms with van der Waals surface area (Å²) in [6, 6.07) is 16.0. The summed E-state index contributed by atoms with van der Waals surface area (Å²) >= 11 is 1.60. The first-order valence-corrected chi connectivity index (χ1v) is 7.90. The number of carbonyl (C=O) groups excluding carboxylic acids is 1. The van der Waals surface area contributed by atoms with Gasteiger partial charge in [0.05, 0.1) is 5.56 Å². The number of hydrogen-bond donors (Lipinski definition) is 1. The summed E-state index contributed by atoms with van der Waals surface area (Å²) in [5, 5.41) is 5.94. The van der Waals surface area contributed by atoms with Crippen LogP contribution in [0.5, 0.6) is 0 Å². The standard InChI is InChI=1S/C18H17NOS/c1-12(2)13-6-5-7-14(10-13)19-18(20)16-11-21-17-9-4-3-8-15(16)17/h3-12H,1-2H3,(H,19,20). The third-order valence-electron chi connectivity index (χ3n) is 3.54. The van der Waals surface area contributed by atoms with Crippen LogP contribution in [0.25, 0.3) is 10.1 Å². The molecule has 0 bridgehead atoms. The molecular weight excluding hydrogens is 278 g/mol. The zero-order valence-electron chi connectivity index (χ0n) is 12.1. The predicted molar refractivity (Wildman–Crippen MR) is 90.3 cm³/mol. The molecule has 1 amide bonds. The van der Waals surface area contributed by atoms with Gasteiger partial charge >= 0.3 is 0 Å². The van der Waals surface area contributed by atoms with E-state index in [-0.39, 0.29) is 5.91 Å². The Morgan fingerprint density at radius 2 is 1.90 bits per heavy atom. The molecule has 0 aliphatic rings. The van der Waals surface area contributed by atoms with E-state index in [4.69, 9.17) is 0 Å². The lowest BCUT2D eigenvalue weighted by Gasteiger charge is -2.09. The molecule has 0 unspecified atom stereocenters. The molecule has 106 valence electrons. The van der Waals surface area contributed by atoms with Crippen LogP contribution in [0.3, 0.4) is 0 Å². The predicted octanol–water partition coefficient (Wildman–Crippen LogP) is 5.28. The smallest absolute Gasteiger partial charge is 0.257 e. The Kier molecular flexibility index (Phi) is 3.76. The largest absolute Gasteiger partial charge is 0.322 e. The van der Waals surface area contributed by atoms with Crippen molar-refractivity contribution in [3.63, 3.8) is 0 Å². The summed E-state index contributed by atoms with van der Waals surface area (Å²) in [5.74, 6) is 0.400. The van der Waals surface area contributed by atoms with E-state index in [1.807, 2.05) is 47.8 Å². The third kappa shape index (κ3) is 2.83. The third-order valence-corrected chi connectivity index (χ3v) is 4.50. The van der Waals surface area contributed by atoms with Gasteiger partial charge in [0.2, 0.25) is 0 Å². The number of nitrogens with one attached hydrogen (secondary N) is 1.